The first-order valence-electron chi connectivity index (χ1n) is 6.32. The van der Waals surface area contributed by atoms with E-state index in [-0.39, 0.29) is 0 Å². The van der Waals surface area contributed by atoms with Gasteiger partial charge in [-0.1, -0.05) is 41.1 Å². The van der Waals surface area contributed by atoms with Crippen molar-refractivity contribution in [3.63, 3.8) is 0 Å². The Morgan fingerprint density at radius 3 is 2.47 bits per heavy atom. The Bertz CT molecular complexity index is 530. The quantitative estimate of drug-likeness (QED) is 0.852. The lowest BCUT2D eigenvalue weighted by Crippen LogP contribution is -2.19. The van der Waals surface area contributed by atoms with Gasteiger partial charge in [0.2, 0.25) is 0 Å². The highest BCUT2D eigenvalue weighted by Crippen LogP contribution is 2.24. The second kappa shape index (κ2) is 6.21. The number of hydrogen-bond acceptors (Lipinski definition) is 4. The lowest BCUT2D eigenvalue weighted by Gasteiger charge is -2.17. The van der Waals surface area contributed by atoms with Crippen LogP contribution in [0.5, 0.6) is 0 Å². The molecule has 0 spiro atoms. The summed E-state index contributed by atoms with van der Waals surface area (Å²) in [5.41, 5.74) is 3.94. The molecule has 0 saturated heterocycles. The number of thioether (sulfide) groups is 1. The fraction of sp³-hybridized carbons (Fsp3) is 0.429. The van der Waals surface area contributed by atoms with E-state index in [0.717, 1.165) is 10.9 Å². The number of nitrogens with zero attached hydrogens (tertiary/aromatic N) is 3. The van der Waals surface area contributed by atoms with Gasteiger partial charge in [-0.3, -0.25) is 0 Å². The zero-order valence-electron chi connectivity index (χ0n) is 11.8. The summed E-state index contributed by atoms with van der Waals surface area (Å²) < 4.78 is 1.80. The van der Waals surface area contributed by atoms with Gasteiger partial charge in [0, 0.05) is 18.8 Å². The molecule has 19 heavy (non-hydrogen) atoms. The summed E-state index contributed by atoms with van der Waals surface area (Å²) >= 11 is 1.72. The maximum absolute atomic E-state index is 4.24. The van der Waals surface area contributed by atoms with E-state index in [4.69, 9.17) is 0 Å². The molecule has 0 bridgehead atoms. The van der Waals surface area contributed by atoms with E-state index in [1.807, 2.05) is 14.1 Å². The standard InChI is InChI=1S/C14H20N4S/c1-10-5-11(2)7-12(6-10)13(15-3)8-19-14-16-9-17-18(14)4/h5-7,9,13,15H,8H2,1-4H3. The van der Waals surface area contributed by atoms with E-state index >= 15 is 0 Å². The maximum Gasteiger partial charge on any atom is 0.185 e. The topological polar surface area (TPSA) is 42.7 Å². The molecule has 1 unspecified atom stereocenters. The average molecular weight is 276 g/mol. The fourth-order valence-corrected chi connectivity index (χ4v) is 3.16. The van der Waals surface area contributed by atoms with Crippen molar-refractivity contribution in [1.29, 1.82) is 0 Å². The lowest BCUT2D eigenvalue weighted by molar-refractivity contribution is 0.652. The molecule has 102 valence electrons. The summed E-state index contributed by atoms with van der Waals surface area (Å²) in [5, 5.41) is 8.41. The van der Waals surface area contributed by atoms with Crippen LogP contribution >= 0.6 is 11.8 Å². The molecule has 0 amide bonds. The first kappa shape index (κ1) is 14.1. The molecule has 2 aromatic rings. The highest BCUT2D eigenvalue weighted by atomic mass is 32.2. The number of rotatable bonds is 5. The van der Waals surface area contributed by atoms with Crippen molar-refractivity contribution >= 4 is 11.8 Å². The first-order chi connectivity index (χ1) is 9.10. The van der Waals surface area contributed by atoms with E-state index in [1.54, 1.807) is 22.8 Å². The average Bonchev–Trinajstić information content (AvgIpc) is 2.75. The zero-order valence-corrected chi connectivity index (χ0v) is 12.7. The number of aryl methyl sites for hydroxylation is 3. The van der Waals surface area contributed by atoms with E-state index in [0.29, 0.717) is 6.04 Å². The van der Waals surface area contributed by atoms with Crippen LogP contribution in [0, 0.1) is 13.8 Å². The zero-order chi connectivity index (χ0) is 13.8. The summed E-state index contributed by atoms with van der Waals surface area (Å²) in [6, 6.07) is 7.00. The molecule has 1 aromatic carbocycles. The molecule has 5 heteroatoms. The van der Waals surface area contributed by atoms with E-state index in [9.17, 15) is 0 Å². The summed E-state index contributed by atoms with van der Waals surface area (Å²) in [4.78, 5) is 4.24. The third-order valence-corrected chi connectivity index (χ3v) is 4.17. The number of benzene rings is 1. The Balaban J connectivity index is 2.09. The summed E-state index contributed by atoms with van der Waals surface area (Å²) in [6.45, 7) is 4.28. The summed E-state index contributed by atoms with van der Waals surface area (Å²) in [7, 11) is 3.92. The number of aromatic nitrogens is 3. The van der Waals surface area contributed by atoms with Crippen LogP contribution in [0.3, 0.4) is 0 Å². The molecular formula is C14H20N4S. The summed E-state index contributed by atoms with van der Waals surface area (Å²) in [5.74, 6) is 0.936. The minimum absolute atomic E-state index is 0.320. The molecule has 0 saturated carbocycles. The van der Waals surface area contributed by atoms with Crippen LogP contribution in [-0.4, -0.2) is 27.6 Å². The highest BCUT2D eigenvalue weighted by molar-refractivity contribution is 7.99. The maximum atomic E-state index is 4.24. The van der Waals surface area contributed by atoms with Gasteiger partial charge in [0.1, 0.15) is 6.33 Å². The number of nitrogens with one attached hydrogen (secondary N) is 1. The lowest BCUT2D eigenvalue weighted by atomic mass is 10.0. The van der Waals surface area contributed by atoms with Crippen LogP contribution in [0.4, 0.5) is 0 Å². The van der Waals surface area contributed by atoms with Crippen molar-refractivity contribution in [2.24, 2.45) is 7.05 Å². The SMILES string of the molecule is CNC(CSc1ncnn1C)c1cc(C)cc(C)c1. The van der Waals surface area contributed by atoms with Gasteiger partial charge in [-0.2, -0.15) is 5.10 Å². The molecule has 1 atom stereocenters. The van der Waals surface area contributed by atoms with Crippen LogP contribution in [0.15, 0.2) is 29.7 Å². The van der Waals surface area contributed by atoms with Gasteiger partial charge in [-0.15, -0.1) is 0 Å². The van der Waals surface area contributed by atoms with Gasteiger partial charge < -0.3 is 5.32 Å². The van der Waals surface area contributed by atoms with Crippen LogP contribution in [-0.2, 0) is 7.05 Å². The van der Waals surface area contributed by atoms with Crippen molar-refractivity contribution < 1.29 is 0 Å². The smallest absolute Gasteiger partial charge is 0.185 e. The fourth-order valence-electron chi connectivity index (χ4n) is 2.13. The molecule has 0 aliphatic carbocycles. The Kier molecular flexibility index (Phi) is 4.61. The van der Waals surface area contributed by atoms with Crippen molar-refractivity contribution in [3.8, 4) is 0 Å². The van der Waals surface area contributed by atoms with Crippen molar-refractivity contribution in [1.82, 2.24) is 20.1 Å². The molecular weight excluding hydrogens is 256 g/mol. The van der Waals surface area contributed by atoms with Crippen LogP contribution in [0.25, 0.3) is 0 Å². The molecule has 2 rings (SSSR count). The molecule has 4 nitrogen and oxygen atoms in total. The molecule has 1 N–H and O–H groups in total. The van der Waals surface area contributed by atoms with Crippen molar-refractivity contribution in [2.75, 3.05) is 12.8 Å². The predicted octanol–water partition coefficient (Wildman–Crippen LogP) is 2.48. The molecule has 0 fully saturated rings. The Labute approximate surface area is 118 Å². The predicted molar refractivity (Wildman–Crippen MR) is 79.4 cm³/mol. The van der Waals surface area contributed by atoms with Gasteiger partial charge in [-0.25, -0.2) is 9.67 Å². The third kappa shape index (κ3) is 3.58. The van der Waals surface area contributed by atoms with Gasteiger partial charge in [-0.05, 0) is 26.5 Å². The normalized spacial score (nSPS) is 12.6. The van der Waals surface area contributed by atoms with E-state index in [2.05, 4.69) is 47.4 Å². The van der Waals surface area contributed by atoms with E-state index in [1.165, 1.54) is 16.7 Å². The Morgan fingerprint density at radius 2 is 1.95 bits per heavy atom. The van der Waals surface area contributed by atoms with Crippen LogP contribution in [0.1, 0.15) is 22.7 Å². The van der Waals surface area contributed by atoms with Crippen molar-refractivity contribution in [2.45, 2.75) is 25.0 Å². The van der Waals surface area contributed by atoms with Crippen LogP contribution < -0.4 is 5.32 Å². The second-order valence-electron chi connectivity index (χ2n) is 4.74. The monoisotopic (exact) mass is 276 g/mol. The van der Waals surface area contributed by atoms with Crippen molar-refractivity contribution in [3.05, 3.63) is 41.2 Å². The van der Waals surface area contributed by atoms with Gasteiger partial charge in [0.25, 0.3) is 0 Å². The minimum Gasteiger partial charge on any atom is -0.312 e. The Morgan fingerprint density at radius 1 is 1.26 bits per heavy atom. The molecule has 0 aliphatic rings. The van der Waals surface area contributed by atoms with E-state index < -0.39 is 0 Å². The van der Waals surface area contributed by atoms with Gasteiger partial charge >= 0.3 is 0 Å². The Hall–Kier alpha value is -1.33. The van der Waals surface area contributed by atoms with Gasteiger partial charge in [0.15, 0.2) is 5.16 Å². The molecule has 0 aliphatic heterocycles. The second-order valence-corrected chi connectivity index (χ2v) is 5.73. The minimum atomic E-state index is 0.320. The van der Waals surface area contributed by atoms with Gasteiger partial charge in [0.05, 0.1) is 0 Å². The first-order valence-corrected chi connectivity index (χ1v) is 7.31. The van der Waals surface area contributed by atoms with Crippen LogP contribution in [0.2, 0.25) is 0 Å². The highest BCUT2D eigenvalue weighted by Gasteiger charge is 2.12. The molecule has 1 aromatic heterocycles. The summed E-state index contributed by atoms with van der Waals surface area (Å²) in [6.07, 6.45) is 1.59. The largest absolute Gasteiger partial charge is 0.312 e. The molecule has 1 heterocycles. The molecule has 0 radical (unpaired) electrons. The number of hydrogen-bond donors (Lipinski definition) is 1. The third-order valence-electron chi connectivity index (χ3n) is 3.04.